The van der Waals surface area contributed by atoms with E-state index in [4.69, 9.17) is 9.47 Å². The molecule has 0 bridgehead atoms. The zero-order valence-corrected chi connectivity index (χ0v) is 11.7. The third-order valence-corrected chi connectivity index (χ3v) is 2.71. The van der Waals surface area contributed by atoms with E-state index in [1.807, 2.05) is 37.3 Å². The average molecular weight is 287 g/mol. The number of phenolic OH excluding ortho intramolecular Hbond substituents is 1. The Hall–Kier alpha value is -2.69. The van der Waals surface area contributed by atoms with Gasteiger partial charge in [-0.05, 0) is 24.6 Å². The number of aromatic hydroxyl groups is 1. The van der Waals surface area contributed by atoms with Gasteiger partial charge < -0.3 is 14.6 Å². The van der Waals surface area contributed by atoms with Crippen molar-refractivity contribution in [3.8, 4) is 11.5 Å². The molecule has 5 heteroatoms. The van der Waals surface area contributed by atoms with Gasteiger partial charge in [0.05, 0.1) is 12.3 Å². The van der Waals surface area contributed by atoms with Crippen LogP contribution in [-0.2, 0) is 11.3 Å². The number of hydrogen-bond acceptors (Lipinski definition) is 4. The van der Waals surface area contributed by atoms with Gasteiger partial charge in [0.2, 0.25) is 0 Å². The fourth-order valence-corrected chi connectivity index (χ4v) is 1.76. The highest BCUT2D eigenvalue weighted by Crippen LogP contribution is 2.28. The molecule has 110 valence electrons. The smallest absolute Gasteiger partial charge is 0.412 e. The first kappa shape index (κ1) is 14.7. The van der Waals surface area contributed by atoms with Crippen LogP contribution in [0.5, 0.6) is 11.5 Å². The molecule has 0 aliphatic carbocycles. The number of amides is 1. The van der Waals surface area contributed by atoms with Crippen LogP contribution < -0.4 is 10.1 Å². The van der Waals surface area contributed by atoms with Crippen molar-refractivity contribution in [1.82, 2.24) is 0 Å². The van der Waals surface area contributed by atoms with E-state index in [1.54, 1.807) is 6.07 Å². The molecule has 0 aliphatic heterocycles. The molecule has 0 heterocycles. The second kappa shape index (κ2) is 7.19. The number of carbonyl (C=O) groups is 1. The minimum Gasteiger partial charge on any atom is -0.508 e. The van der Waals surface area contributed by atoms with Crippen LogP contribution in [-0.4, -0.2) is 17.8 Å². The second-order valence-electron chi connectivity index (χ2n) is 4.30. The normalized spacial score (nSPS) is 9.95. The maximum absolute atomic E-state index is 11.8. The molecule has 21 heavy (non-hydrogen) atoms. The summed E-state index contributed by atoms with van der Waals surface area (Å²) in [7, 11) is 0. The van der Waals surface area contributed by atoms with Gasteiger partial charge in [0.15, 0.2) is 0 Å². The molecule has 0 atom stereocenters. The molecule has 0 radical (unpaired) electrons. The van der Waals surface area contributed by atoms with Crippen molar-refractivity contribution in [2.24, 2.45) is 0 Å². The summed E-state index contributed by atoms with van der Waals surface area (Å²) in [6.45, 7) is 2.44. The van der Waals surface area contributed by atoms with Gasteiger partial charge in [-0.2, -0.15) is 0 Å². The molecule has 0 saturated heterocycles. The monoisotopic (exact) mass is 287 g/mol. The third kappa shape index (κ3) is 4.42. The van der Waals surface area contributed by atoms with Crippen molar-refractivity contribution in [3.05, 3.63) is 54.1 Å². The maximum Gasteiger partial charge on any atom is 0.412 e. The summed E-state index contributed by atoms with van der Waals surface area (Å²) < 4.78 is 10.5. The van der Waals surface area contributed by atoms with Crippen molar-refractivity contribution in [1.29, 1.82) is 0 Å². The number of rotatable bonds is 5. The van der Waals surface area contributed by atoms with Crippen molar-refractivity contribution < 1.29 is 19.4 Å². The molecule has 5 nitrogen and oxygen atoms in total. The highest BCUT2D eigenvalue weighted by molar-refractivity contribution is 5.86. The molecule has 0 saturated carbocycles. The average Bonchev–Trinajstić information content (AvgIpc) is 2.49. The lowest BCUT2D eigenvalue weighted by Gasteiger charge is -2.12. The predicted molar refractivity (Wildman–Crippen MR) is 79.5 cm³/mol. The molecule has 2 rings (SSSR count). The van der Waals surface area contributed by atoms with Gasteiger partial charge in [-0.15, -0.1) is 0 Å². The van der Waals surface area contributed by atoms with Crippen LogP contribution in [0.2, 0.25) is 0 Å². The second-order valence-corrected chi connectivity index (χ2v) is 4.30. The third-order valence-electron chi connectivity index (χ3n) is 2.71. The van der Waals surface area contributed by atoms with Crippen LogP contribution in [0.4, 0.5) is 10.5 Å². The molecule has 2 aromatic carbocycles. The van der Waals surface area contributed by atoms with E-state index in [0.717, 1.165) is 5.56 Å². The SMILES string of the molecule is CCOc1cc(O)ccc1NC(=O)OCc1ccccc1. The zero-order chi connectivity index (χ0) is 15.1. The summed E-state index contributed by atoms with van der Waals surface area (Å²) in [6, 6.07) is 13.9. The van der Waals surface area contributed by atoms with Crippen LogP contribution in [0.25, 0.3) is 0 Å². The summed E-state index contributed by atoms with van der Waals surface area (Å²) >= 11 is 0. The van der Waals surface area contributed by atoms with Gasteiger partial charge in [0.25, 0.3) is 0 Å². The number of hydrogen-bond donors (Lipinski definition) is 2. The molecular weight excluding hydrogens is 270 g/mol. The lowest BCUT2D eigenvalue weighted by molar-refractivity contribution is 0.155. The van der Waals surface area contributed by atoms with Crippen LogP contribution in [0.1, 0.15) is 12.5 Å². The Morgan fingerprint density at radius 3 is 2.67 bits per heavy atom. The van der Waals surface area contributed by atoms with E-state index in [-0.39, 0.29) is 12.4 Å². The summed E-state index contributed by atoms with van der Waals surface area (Å²) in [6.07, 6.45) is -0.578. The van der Waals surface area contributed by atoms with Crippen molar-refractivity contribution >= 4 is 11.8 Å². The van der Waals surface area contributed by atoms with Gasteiger partial charge in [-0.25, -0.2) is 4.79 Å². The Labute approximate surface area is 123 Å². The Morgan fingerprint density at radius 2 is 1.95 bits per heavy atom. The molecule has 2 N–H and O–H groups in total. The minimum absolute atomic E-state index is 0.0710. The predicted octanol–water partition coefficient (Wildman–Crippen LogP) is 3.54. The highest BCUT2D eigenvalue weighted by atomic mass is 16.5. The van der Waals surface area contributed by atoms with Gasteiger partial charge in [-0.3, -0.25) is 5.32 Å². The van der Waals surface area contributed by atoms with E-state index < -0.39 is 6.09 Å². The van der Waals surface area contributed by atoms with E-state index in [1.165, 1.54) is 12.1 Å². The van der Waals surface area contributed by atoms with Crippen molar-refractivity contribution in [2.45, 2.75) is 13.5 Å². The summed E-state index contributed by atoms with van der Waals surface area (Å²) in [4.78, 5) is 11.8. The lowest BCUT2D eigenvalue weighted by Crippen LogP contribution is -2.14. The number of carbonyl (C=O) groups excluding carboxylic acids is 1. The number of nitrogens with one attached hydrogen (secondary N) is 1. The van der Waals surface area contributed by atoms with E-state index in [9.17, 15) is 9.90 Å². The first-order chi connectivity index (χ1) is 10.2. The first-order valence-electron chi connectivity index (χ1n) is 6.62. The number of ether oxygens (including phenoxy) is 2. The molecule has 1 amide bonds. The lowest BCUT2D eigenvalue weighted by atomic mass is 10.2. The van der Waals surface area contributed by atoms with E-state index >= 15 is 0 Å². The zero-order valence-electron chi connectivity index (χ0n) is 11.7. The van der Waals surface area contributed by atoms with Crippen molar-refractivity contribution in [3.63, 3.8) is 0 Å². The van der Waals surface area contributed by atoms with E-state index in [2.05, 4.69) is 5.32 Å². The minimum atomic E-state index is -0.578. The van der Waals surface area contributed by atoms with Crippen LogP contribution in [0.3, 0.4) is 0 Å². The molecule has 0 aromatic heterocycles. The number of phenols is 1. The fraction of sp³-hybridized carbons (Fsp3) is 0.188. The Bertz CT molecular complexity index is 598. The topological polar surface area (TPSA) is 67.8 Å². The first-order valence-corrected chi connectivity index (χ1v) is 6.62. The number of anilines is 1. The largest absolute Gasteiger partial charge is 0.508 e. The molecule has 0 unspecified atom stereocenters. The Balaban J connectivity index is 1.96. The van der Waals surface area contributed by atoms with E-state index in [0.29, 0.717) is 18.0 Å². The van der Waals surface area contributed by atoms with Crippen LogP contribution in [0, 0.1) is 0 Å². The van der Waals surface area contributed by atoms with Gasteiger partial charge >= 0.3 is 6.09 Å². The van der Waals surface area contributed by atoms with Gasteiger partial charge in [-0.1, -0.05) is 30.3 Å². The molecule has 0 spiro atoms. The van der Waals surface area contributed by atoms with Crippen LogP contribution >= 0.6 is 0 Å². The van der Waals surface area contributed by atoms with Crippen molar-refractivity contribution in [2.75, 3.05) is 11.9 Å². The standard InChI is InChI=1S/C16H17NO4/c1-2-20-15-10-13(18)8-9-14(15)17-16(19)21-11-12-6-4-3-5-7-12/h3-10,18H,2,11H2,1H3,(H,17,19). The van der Waals surface area contributed by atoms with Gasteiger partial charge in [0.1, 0.15) is 18.1 Å². The maximum atomic E-state index is 11.8. The number of benzene rings is 2. The Kier molecular flexibility index (Phi) is 5.04. The summed E-state index contributed by atoms with van der Waals surface area (Å²) in [5, 5.41) is 12.0. The molecule has 2 aromatic rings. The summed E-state index contributed by atoms with van der Waals surface area (Å²) in [5.41, 5.74) is 1.36. The molecule has 0 fully saturated rings. The Morgan fingerprint density at radius 1 is 1.19 bits per heavy atom. The van der Waals surface area contributed by atoms with Gasteiger partial charge in [0, 0.05) is 6.07 Å². The quantitative estimate of drug-likeness (QED) is 0.825. The highest BCUT2D eigenvalue weighted by Gasteiger charge is 2.09. The fourth-order valence-electron chi connectivity index (χ4n) is 1.76. The summed E-state index contributed by atoms with van der Waals surface area (Å²) in [5.74, 6) is 0.468. The van der Waals surface area contributed by atoms with Crippen LogP contribution in [0.15, 0.2) is 48.5 Å². The molecular formula is C16H17NO4. The molecule has 0 aliphatic rings.